The molecular formula is C15H23FN2O4. The molecule has 0 aliphatic heterocycles. The van der Waals surface area contributed by atoms with E-state index in [1.807, 2.05) is 0 Å². The summed E-state index contributed by atoms with van der Waals surface area (Å²) in [6, 6.07) is 1.09. The first-order valence-corrected chi connectivity index (χ1v) is 7.05. The molecule has 124 valence electrons. The third-order valence-electron chi connectivity index (χ3n) is 2.90. The third-order valence-corrected chi connectivity index (χ3v) is 2.90. The molecule has 0 spiro atoms. The molecule has 1 heterocycles. The number of aliphatic hydroxyl groups is 2. The fourth-order valence-electron chi connectivity index (χ4n) is 1.83. The zero-order valence-corrected chi connectivity index (χ0v) is 13.3. The van der Waals surface area contributed by atoms with Crippen molar-refractivity contribution in [3.8, 4) is 0 Å². The number of nitrogens with one attached hydrogen (secondary N) is 1. The molecule has 0 saturated carbocycles. The summed E-state index contributed by atoms with van der Waals surface area (Å²) in [6.07, 6.45) is -1.60. The number of ether oxygens (including phenoxy) is 1. The molecule has 1 amide bonds. The van der Waals surface area contributed by atoms with Crippen molar-refractivity contribution in [2.45, 2.75) is 51.9 Å². The largest absolute Gasteiger partial charge is 0.444 e. The minimum Gasteiger partial charge on any atom is -0.444 e. The standard InChI is InChI=1S/C15H23FN2O4/c1-9-8-18-12(16)7-10(9)13(20)11(19)5-6-17-14(21)22-15(2,3)4/h7-8,11,13,19-20H,5-6H2,1-4H3,(H,17,21). The predicted octanol–water partition coefficient (Wildman–Crippen LogP) is 1.84. The van der Waals surface area contributed by atoms with Crippen LogP contribution in [0.15, 0.2) is 12.3 Å². The van der Waals surface area contributed by atoms with Crippen LogP contribution in [0.25, 0.3) is 0 Å². The molecule has 0 aliphatic rings. The van der Waals surface area contributed by atoms with Gasteiger partial charge in [0.05, 0.1) is 6.10 Å². The van der Waals surface area contributed by atoms with Crippen molar-refractivity contribution in [2.24, 2.45) is 0 Å². The van der Waals surface area contributed by atoms with Crippen molar-refractivity contribution < 1.29 is 24.1 Å². The molecule has 1 aromatic rings. The van der Waals surface area contributed by atoms with Gasteiger partial charge in [-0.05, 0) is 51.3 Å². The molecule has 7 heteroatoms. The van der Waals surface area contributed by atoms with Crippen LogP contribution >= 0.6 is 0 Å². The van der Waals surface area contributed by atoms with Gasteiger partial charge in [0.1, 0.15) is 11.7 Å². The Morgan fingerprint density at radius 3 is 2.68 bits per heavy atom. The van der Waals surface area contributed by atoms with Crippen LogP contribution in [0, 0.1) is 12.9 Å². The molecule has 3 N–H and O–H groups in total. The molecule has 2 atom stereocenters. The zero-order valence-electron chi connectivity index (χ0n) is 13.3. The Bertz CT molecular complexity index is 517. The van der Waals surface area contributed by atoms with Gasteiger partial charge in [-0.3, -0.25) is 0 Å². The van der Waals surface area contributed by atoms with Crippen LogP contribution in [0.1, 0.15) is 44.4 Å². The second-order valence-corrected chi connectivity index (χ2v) is 6.09. The van der Waals surface area contributed by atoms with Gasteiger partial charge in [-0.15, -0.1) is 0 Å². The maximum Gasteiger partial charge on any atom is 0.407 e. The quantitative estimate of drug-likeness (QED) is 0.721. The van der Waals surface area contributed by atoms with Gasteiger partial charge in [0, 0.05) is 12.7 Å². The lowest BCUT2D eigenvalue weighted by molar-refractivity contribution is 0.0117. The molecule has 22 heavy (non-hydrogen) atoms. The van der Waals surface area contributed by atoms with E-state index >= 15 is 0 Å². The normalized spacial score (nSPS) is 14.3. The van der Waals surface area contributed by atoms with E-state index in [1.54, 1.807) is 27.7 Å². The first-order chi connectivity index (χ1) is 10.1. The van der Waals surface area contributed by atoms with Crippen LogP contribution < -0.4 is 5.32 Å². The second-order valence-electron chi connectivity index (χ2n) is 6.09. The van der Waals surface area contributed by atoms with Crippen molar-refractivity contribution in [3.63, 3.8) is 0 Å². The molecule has 0 fully saturated rings. The van der Waals surface area contributed by atoms with Gasteiger partial charge in [0.2, 0.25) is 5.95 Å². The fourth-order valence-corrected chi connectivity index (χ4v) is 1.83. The molecule has 1 aromatic heterocycles. The summed E-state index contributed by atoms with van der Waals surface area (Å²) in [5.74, 6) is -0.723. The molecule has 0 bridgehead atoms. The first kappa shape index (κ1) is 18.3. The highest BCUT2D eigenvalue weighted by atomic mass is 19.1. The van der Waals surface area contributed by atoms with Gasteiger partial charge in [0.25, 0.3) is 0 Å². The maximum atomic E-state index is 13.1. The maximum absolute atomic E-state index is 13.1. The van der Waals surface area contributed by atoms with Gasteiger partial charge >= 0.3 is 6.09 Å². The van der Waals surface area contributed by atoms with E-state index in [-0.39, 0.29) is 18.5 Å². The minimum atomic E-state index is -1.25. The van der Waals surface area contributed by atoms with E-state index in [4.69, 9.17) is 4.74 Å². The number of alkyl carbamates (subject to hydrolysis) is 1. The zero-order chi connectivity index (χ0) is 16.9. The Labute approximate surface area is 129 Å². The van der Waals surface area contributed by atoms with Gasteiger partial charge in [-0.1, -0.05) is 0 Å². The molecule has 0 aliphatic carbocycles. The Hall–Kier alpha value is -1.73. The molecule has 0 aromatic carbocycles. The van der Waals surface area contributed by atoms with Crippen LogP contribution in [0.3, 0.4) is 0 Å². The number of carbonyl (C=O) groups excluding carboxylic acids is 1. The SMILES string of the molecule is Cc1cnc(F)cc1C(O)C(O)CCNC(=O)OC(C)(C)C. The van der Waals surface area contributed by atoms with Crippen molar-refractivity contribution in [3.05, 3.63) is 29.3 Å². The van der Waals surface area contributed by atoms with E-state index in [0.717, 1.165) is 6.07 Å². The number of hydrogen-bond acceptors (Lipinski definition) is 5. The average Bonchev–Trinajstić information content (AvgIpc) is 2.38. The number of aryl methyl sites for hydroxylation is 1. The number of hydrogen-bond donors (Lipinski definition) is 3. The molecule has 1 rings (SSSR count). The topological polar surface area (TPSA) is 91.7 Å². The number of amides is 1. The van der Waals surface area contributed by atoms with Crippen molar-refractivity contribution in [2.75, 3.05) is 6.54 Å². The minimum absolute atomic E-state index is 0.101. The summed E-state index contributed by atoms with van der Waals surface area (Å²) in [7, 11) is 0. The van der Waals surface area contributed by atoms with Crippen LogP contribution in [0.2, 0.25) is 0 Å². The first-order valence-electron chi connectivity index (χ1n) is 7.05. The number of aromatic nitrogens is 1. The Morgan fingerprint density at radius 2 is 2.09 bits per heavy atom. The van der Waals surface area contributed by atoms with E-state index in [1.165, 1.54) is 6.20 Å². The van der Waals surface area contributed by atoms with E-state index < -0.39 is 29.8 Å². The Balaban J connectivity index is 2.50. The third kappa shape index (κ3) is 5.95. The summed E-state index contributed by atoms with van der Waals surface area (Å²) in [4.78, 5) is 14.9. The molecule has 0 saturated heterocycles. The molecule has 6 nitrogen and oxygen atoms in total. The van der Waals surface area contributed by atoms with Gasteiger partial charge in [0.15, 0.2) is 0 Å². The molecule has 2 unspecified atom stereocenters. The smallest absolute Gasteiger partial charge is 0.407 e. The van der Waals surface area contributed by atoms with E-state index in [9.17, 15) is 19.4 Å². The van der Waals surface area contributed by atoms with Crippen LogP contribution in [-0.2, 0) is 4.74 Å². The number of halogens is 1. The predicted molar refractivity (Wildman–Crippen MR) is 78.8 cm³/mol. The molecule has 0 radical (unpaired) electrons. The van der Waals surface area contributed by atoms with Crippen LogP contribution in [0.4, 0.5) is 9.18 Å². The van der Waals surface area contributed by atoms with E-state index in [2.05, 4.69) is 10.3 Å². The van der Waals surface area contributed by atoms with Crippen LogP contribution in [0.5, 0.6) is 0 Å². The lowest BCUT2D eigenvalue weighted by atomic mass is 9.99. The number of rotatable bonds is 5. The van der Waals surface area contributed by atoms with Crippen molar-refractivity contribution in [1.82, 2.24) is 10.3 Å². The summed E-state index contributed by atoms with van der Waals surface area (Å²) in [6.45, 7) is 7.01. The number of aliphatic hydroxyl groups excluding tert-OH is 2. The second kappa shape index (κ2) is 7.51. The highest BCUT2D eigenvalue weighted by molar-refractivity contribution is 5.67. The Morgan fingerprint density at radius 1 is 1.45 bits per heavy atom. The summed E-state index contributed by atoms with van der Waals surface area (Å²) >= 11 is 0. The monoisotopic (exact) mass is 314 g/mol. The number of carbonyl (C=O) groups is 1. The lowest BCUT2D eigenvalue weighted by Crippen LogP contribution is -2.34. The summed E-state index contributed by atoms with van der Waals surface area (Å²) < 4.78 is 18.2. The van der Waals surface area contributed by atoms with E-state index in [0.29, 0.717) is 5.56 Å². The number of pyridine rings is 1. The number of nitrogens with zero attached hydrogens (tertiary/aromatic N) is 1. The highest BCUT2D eigenvalue weighted by Crippen LogP contribution is 2.22. The summed E-state index contributed by atoms with van der Waals surface area (Å²) in [5, 5.41) is 22.5. The van der Waals surface area contributed by atoms with Crippen LogP contribution in [-0.4, -0.2) is 39.5 Å². The average molecular weight is 314 g/mol. The summed E-state index contributed by atoms with van der Waals surface area (Å²) in [5.41, 5.74) is 0.249. The van der Waals surface area contributed by atoms with Gasteiger partial charge in [-0.25, -0.2) is 9.78 Å². The van der Waals surface area contributed by atoms with Gasteiger partial charge in [-0.2, -0.15) is 4.39 Å². The fraction of sp³-hybridized carbons (Fsp3) is 0.600. The van der Waals surface area contributed by atoms with Gasteiger partial charge < -0.3 is 20.3 Å². The van der Waals surface area contributed by atoms with Crippen molar-refractivity contribution >= 4 is 6.09 Å². The highest BCUT2D eigenvalue weighted by Gasteiger charge is 2.22. The van der Waals surface area contributed by atoms with Crippen molar-refractivity contribution in [1.29, 1.82) is 0 Å². The molecular weight excluding hydrogens is 291 g/mol. The Kier molecular flexibility index (Phi) is 6.25. The lowest BCUT2D eigenvalue weighted by Gasteiger charge is -2.22.